The minimum absolute atomic E-state index is 0.00678. The van der Waals surface area contributed by atoms with Gasteiger partial charge in [0.25, 0.3) is 5.91 Å². The van der Waals surface area contributed by atoms with Gasteiger partial charge in [0.1, 0.15) is 0 Å². The summed E-state index contributed by atoms with van der Waals surface area (Å²) >= 11 is 1.55. The maximum atomic E-state index is 12.0. The minimum Gasteiger partial charge on any atom is -0.345 e. The van der Waals surface area contributed by atoms with Gasteiger partial charge in [0.15, 0.2) is 0 Å². The fraction of sp³-hybridized carbons (Fsp3) is 0.286. The van der Waals surface area contributed by atoms with Crippen LogP contribution in [0.15, 0.2) is 36.7 Å². The van der Waals surface area contributed by atoms with Gasteiger partial charge < -0.3 is 5.32 Å². The molecule has 0 saturated heterocycles. The SMILES string of the molecule is CCc1ccc(C(=O)NC(C)c2ccncc2)s1. The lowest BCUT2D eigenvalue weighted by Gasteiger charge is -2.13. The smallest absolute Gasteiger partial charge is 0.261 e. The maximum Gasteiger partial charge on any atom is 0.261 e. The quantitative estimate of drug-likeness (QED) is 0.917. The van der Waals surface area contributed by atoms with Crippen molar-refractivity contribution in [1.29, 1.82) is 0 Å². The van der Waals surface area contributed by atoms with Crippen molar-refractivity contribution in [2.24, 2.45) is 0 Å². The second kappa shape index (κ2) is 5.78. The van der Waals surface area contributed by atoms with Gasteiger partial charge in [0.05, 0.1) is 10.9 Å². The molecule has 0 aromatic carbocycles. The highest BCUT2D eigenvalue weighted by Gasteiger charge is 2.12. The van der Waals surface area contributed by atoms with Gasteiger partial charge in [-0.05, 0) is 43.2 Å². The standard InChI is InChI=1S/C14H16N2OS/c1-3-12-4-5-13(18-12)14(17)16-10(2)11-6-8-15-9-7-11/h4-10H,3H2,1-2H3,(H,16,17). The summed E-state index contributed by atoms with van der Waals surface area (Å²) in [6.07, 6.45) is 4.44. The summed E-state index contributed by atoms with van der Waals surface area (Å²) < 4.78 is 0. The van der Waals surface area contributed by atoms with Crippen LogP contribution in [0.2, 0.25) is 0 Å². The third-order valence-corrected chi connectivity index (χ3v) is 4.02. The Kier molecular flexibility index (Phi) is 4.10. The molecule has 1 atom stereocenters. The van der Waals surface area contributed by atoms with Gasteiger partial charge in [-0.15, -0.1) is 11.3 Å². The number of amides is 1. The molecular weight excluding hydrogens is 244 g/mol. The van der Waals surface area contributed by atoms with Gasteiger partial charge in [-0.25, -0.2) is 0 Å². The zero-order valence-corrected chi connectivity index (χ0v) is 11.3. The first-order valence-corrected chi connectivity index (χ1v) is 6.82. The first-order chi connectivity index (χ1) is 8.70. The first kappa shape index (κ1) is 12.8. The average Bonchev–Trinajstić information content (AvgIpc) is 2.88. The van der Waals surface area contributed by atoms with E-state index in [0.717, 1.165) is 16.9 Å². The predicted molar refractivity (Wildman–Crippen MR) is 73.8 cm³/mol. The third-order valence-electron chi connectivity index (χ3n) is 2.79. The Bertz CT molecular complexity index is 522. The number of thiophene rings is 1. The van der Waals surface area contributed by atoms with Crippen molar-refractivity contribution in [3.63, 3.8) is 0 Å². The Balaban J connectivity index is 2.03. The minimum atomic E-state index is -0.0102. The highest BCUT2D eigenvalue weighted by molar-refractivity contribution is 7.14. The van der Waals surface area contributed by atoms with E-state index < -0.39 is 0 Å². The number of nitrogens with one attached hydrogen (secondary N) is 1. The molecule has 18 heavy (non-hydrogen) atoms. The Labute approximate surface area is 111 Å². The second-order valence-corrected chi connectivity index (χ2v) is 5.26. The molecule has 0 aliphatic rings. The van der Waals surface area contributed by atoms with E-state index in [0.29, 0.717) is 0 Å². The average molecular weight is 260 g/mol. The van der Waals surface area contributed by atoms with E-state index in [2.05, 4.69) is 17.2 Å². The number of carbonyl (C=O) groups excluding carboxylic acids is 1. The van der Waals surface area contributed by atoms with Gasteiger partial charge in [0, 0.05) is 17.3 Å². The van der Waals surface area contributed by atoms with Gasteiger partial charge in [-0.1, -0.05) is 6.92 Å². The fourth-order valence-electron chi connectivity index (χ4n) is 1.69. The molecule has 2 heterocycles. The third kappa shape index (κ3) is 2.96. The van der Waals surface area contributed by atoms with Gasteiger partial charge in [0.2, 0.25) is 0 Å². The van der Waals surface area contributed by atoms with Gasteiger partial charge in [-0.2, -0.15) is 0 Å². The summed E-state index contributed by atoms with van der Waals surface area (Å²) in [5.41, 5.74) is 1.06. The van der Waals surface area contributed by atoms with E-state index >= 15 is 0 Å². The van der Waals surface area contributed by atoms with Crippen molar-refractivity contribution in [2.75, 3.05) is 0 Å². The molecule has 0 saturated carbocycles. The Morgan fingerprint density at radius 3 is 2.67 bits per heavy atom. The van der Waals surface area contributed by atoms with Crippen molar-refractivity contribution in [3.8, 4) is 0 Å². The molecule has 0 fully saturated rings. The molecule has 2 rings (SSSR count). The van der Waals surface area contributed by atoms with Gasteiger partial charge in [-0.3, -0.25) is 9.78 Å². The number of aromatic nitrogens is 1. The van der Waals surface area contributed by atoms with Crippen molar-refractivity contribution in [3.05, 3.63) is 52.0 Å². The lowest BCUT2D eigenvalue weighted by atomic mass is 10.1. The maximum absolute atomic E-state index is 12.0. The summed E-state index contributed by atoms with van der Waals surface area (Å²) in [6, 6.07) is 7.72. The molecular formula is C14H16N2OS. The number of aryl methyl sites for hydroxylation is 1. The highest BCUT2D eigenvalue weighted by atomic mass is 32.1. The molecule has 0 radical (unpaired) electrons. The Morgan fingerprint density at radius 2 is 2.06 bits per heavy atom. The zero-order valence-electron chi connectivity index (χ0n) is 10.5. The summed E-state index contributed by atoms with van der Waals surface area (Å²) in [7, 11) is 0. The number of nitrogens with zero attached hydrogens (tertiary/aromatic N) is 1. The normalized spacial score (nSPS) is 12.1. The van der Waals surface area contributed by atoms with Crippen LogP contribution in [0.3, 0.4) is 0 Å². The lowest BCUT2D eigenvalue weighted by molar-refractivity contribution is 0.0944. The Hall–Kier alpha value is -1.68. The van der Waals surface area contributed by atoms with E-state index in [1.54, 1.807) is 23.7 Å². The molecule has 2 aromatic rings. The summed E-state index contributed by atoms with van der Waals surface area (Å²) in [4.78, 5) is 18.0. The molecule has 0 bridgehead atoms. The fourth-order valence-corrected chi connectivity index (χ4v) is 2.54. The second-order valence-electron chi connectivity index (χ2n) is 4.10. The summed E-state index contributed by atoms with van der Waals surface area (Å²) in [5, 5.41) is 2.99. The van der Waals surface area contributed by atoms with Crippen molar-refractivity contribution < 1.29 is 4.79 Å². The van der Waals surface area contributed by atoms with Crippen LogP contribution in [0.4, 0.5) is 0 Å². The topological polar surface area (TPSA) is 42.0 Å². The van der Waals surface area contributed by atoms with Gasteiger partial charge >= 0.3 is 0 Å². The van der Waals surface area contributed by atoms with Crippen LogP contribution < -0.4 is 5.32 Å². The molecule has 1 amide bonds. The largest absolute Gasteiger partial charge is 0.345 e. The predicted octanol–water partition coefficient (Wildman–Crippen LogP) is 3.20. The molecule has 0 spiro atoms. The first-order valence-electron chi connectivity index (χ1n) is 6.00. The van der Waals surface area contributed by atoms with Crippen LogP contribution >= 0.6 is 11.3 Å². The number of rotatable bonds is 4. The van der Waals surface area contributed by atoms with E-state index in [-0.39, 0.29) is 11.9 Å². The number of hydrogen-bond donors (Lipinski definition) is 1. The molecule has 2 aromatic heterocycles. The zero-order chi connectivity index (χ0) is 13.0. The summed E-state index contributed by atoms with van der Waals surface area (Å²) in [5.74, 6) is -0.0102. The highest BCUT2D eigenvalue weighted by Crippen LogP contribution is 2.18. The molecule has 4 heteroatoms. The van der Waals surface area contributed by atoms with Crippen LogP contribution in [0.1, 0.15) is 40.0 Å². The van der Waals surface area contributed by atoms with Crippen molar-refractivity contribution in [2.45, 2.75) is 26.3 Å². The number of hydrogen-bond acceptors (Lipinski definition) is 3. The molecule has 0 aliphatic heterocycles. The van der Waals surface area contributed by atoms with E-state index in [4.69, 9.17) is 0 Å². The molecule has 1 N–H and O–H groups in total. The van der Waals surface area contributed by atoms with E-state index in [1.807, 2.05) is 31.2 Å². The van der Waals surface area contributed by atoms with Crippen LogP contribution in [-0.2, 0) is 6.42 Å². The van der Waals surface area contributed by atoms with E-state index in [1.165, 1.54) is 4.88 Å². The Morgan fingerprint density at radius 1 is 1.33 bits per heavy atom. The molecule has 0 aliphatic carbocycles. The van der Waals surface area contributed by atoms with Crippen molar-refractivity contribution >= 4 is 17.2 Å². The van der Waals surface area contributed by atoms with Crippen LogP contribution in [0, 0.1) is 0 Å². The number of carbonyl (C=O) groups is 1. The van der Waals surface area contributed by atoms with Crippen LogP contribution in [0.5, 0.6) is 0 Å². The van der Waals surface area contributed by atoms with Crippen LogP contribution in [-0.4, -0.2) is 10.9 Å². The van der Waals surface area contributed by atoms with E-state index in [9.17, 15) is 4.79 Å². The van der Waals surface area contributed by atoms with Crippen LogP contribution in [0.25, 0.3) is 0 Å². The molecule has 3 nitrogen and oxygen atoms in total. The monoisotopic (exact) mass is 260 g/mol. The number of pyridine rings is 1. The summed E-state index contributed by atoms with van der Waals surface area (Å²) in [6.45, 7) is 4.06. The lowest BCUT2D eigenvalue weighted by Crippen LogP contribution is -2.25. The van der Waals surface area contributed by atoms with Crippen molar-refractivity contribution in [1.82, 2.24) is 10.3 Å². The molecule has 1 unspecified atom stereocenters. The molecule has 94 valence electrons.